The summed E-state index contributed by atoms with van der Waals surface area (Å²) in [6.07, 6.45) is 4.18. The van der Waals surface area contributed by atoms with Crippen molar-refractivity contribution < 1.29 is 4.79 Å². The Labute approximate surface area is 145 Å². The molecule has 3 aromatic rings. The van der Waals surface area contributed by atoms with E-state index in [0.29, 0.717) is 6.54 Å². The van der Waals surface area contributed by atoms with Crippen LogP contribution in [0.3, 0.4) is 0 Å². The number of carbonyl (C=O) groups is 1. The van der Waals surface area contributed by atoms with Gasteiger partial charge in [0.15, 0.2) is 0 Å². The molecule has 0 aliphatic carbocycles. The standard InChI is InChI=1S/C19H19N3OS/c23-18(21-14-6-13-20-15-7-2-1-3-8-15)11-12-19-22-16-9-4-5-10-17(16)24-19/h1-5,7-12,20H,6,13-14H2,(H,21,23)/b12-11+. The Morgan fingerprint density at radius 3 is 2.67 bits per heavy atom. The Kier molecular flexibility index (Phi) is 5.58. The molecule has 0 aliphatic heterocycles. The summed E-state index contributed by atoms with van der Waals surface area (Å²) in [5, 5.41) is 7.04. The summed E-state index contributed by atoms with van der Waals surface area (Å²) in [6, 6.07) is 18.0. The van der Waals surface area contributed by atoms with Crippen molar-refractivity contribution in [3.05, 3.63) is 65.7 Å². The molecule has 0 fully saturated rings. The van der Waals surface area contributed by atoms with Crippen LogP contribution in [0.25, 0.3) is 16.3 Å². The molecule has 3 rings (SSSR count). The number of para-hydroxylation sites is 2. The average Bonchev–Trinajstić information content (AvgIpc) is 3.03. The molecule has 0 aliphatic rings. The van der Waals surface area contributed by atoms with Crippen molar-refractivity contribution in [2.24, 2.45) is 0 Å². The number of aromatic nitrogens is 1. The Hall–Kier alpha value is -2.66. The van der Waals surface area contributed by atoms with Crippen LogP contribution in [0.5, 0.6) is 0 Å². The van der Waals surface area contributed by atoms with Crippen molar-refractivity contribution in [3.8, 4) is 0 Å². The van der Waals surface area contributed by atoms with Crippen molar-refractivity contribution in [1.29, 1.82) is 0 Å². The zero-order valence-electron chi connectivity index (χ0n) is 13.2. The minimum Gasteiger partial charge on any atom is -0.385 e. The Balaban J connectivity index is 1.39. The first-order valence-corrected chi connectivity index (χ1v) is 8.73. The predicted octanol–water partition coefficient (Wildman–Crippen LogP) is 3.93. The lowest BCUT2D eigenvalue weighted by molar-refractivity contribution is -0.116. The van der Waals surface area contributed by atoms with E-state index in [0.717, 1.165) is 33.9 Å². The zero-order valence-corrected chi connectivity index (χ0v) is 14.1. The second-order valence-electron chi connectivity index (χ2n) is 5.29. The van der Waals surface area contributed by atoms with Gasteiger partial charge in [-0.3, -0.25) is 4.79 Å². The molecule has 1 aromatic heterocycles. The molecule has 1 heterocycles. The fraction of sp³-hybridized carbons (Fsp3) is 0.158. The molecule has 0 saturated carbocycles. The van der Waals surface area contributed by atoms with Crippen LogP contribution >= 0.6 is 11.3 Å². The first kappa shape index (κ1) is 16.2. The average molecular weight is 337 g/mol. The van der Waals surface area contributed by atoms with Gasteiger partial charge < -0.3 is 10.6 Å². The monoisotopic (exact) mass is 337 g/mol. The van der Waals surface area contributed by atoms with Gasteiger partial charge in [-0.1, -0.05) is 30.3 Å². The maximum Gasteiger partial charge on any atom is 0.244 e. The van der Waals surface area contributed by atoms with E-state index in [1.807, 2.05) is 54.6 Å². The third-order valence-electron chi connectivity index (χ3n) is 3.44. The smallest absolute Gasteiger partial charge is 0.244 e. The number of anilines is 1. The van der Waals surface area contributed by atoms with Crippen LogP contribution in [0, 0.1) is 0 Å². The second kappa shape index (κ2) is 8.26. The quantitative estimate of drug-likeness (QED) is 0.507. The summed E-state index contributed by atoms with van der Waals surface area (Å²) in [5.41, 5.74) is 2.06. The summed E-state index contributed by atoms with van der Waals surface area (Å²) in [4.78, 5) is 16.3. The lowest BCUT2D eigenvalue weighted by Crippen LogP contribution is -2.23. The molecular formula is C19H19N3OS. The molecule has 0 unspecified atom stereocenters. The summed E-state index contributed by atoms with van der Waals surface area (Å²) in [7, 11) is 0. The molecule has 1 amide bonds. The van der Waals surface area contributed by atoms with E-state index in [9.17, 15) is 4.79 Å². The normalized spacial score (nSPS) is 11.0. The molecule has 4 nitrogen and oxygen atoms in total. The van der Waals surface area contributed by atoms with E-state index in [1.165, 1.54) is 0 Å². The van der Waals surface area contributed by atoms with Gasteiger partial charge in [0.25, 0.3) is 0 Å². The minimum absolute atomic E-state index is 0.0889. The van der Waals surface area contributed by atoms with Gasteiger partial charge in [-0.05, 0) is 36.8 Å². The Morgan fingerprint density at radius 1 is 1.04 bits per heavy atom. The molecule has 0 atom stereocenters. The Bertz CT molecular complexity index is 794. The number of hydrogen-bond acceptors (Lipinski definition) is 4. The van der Waals surface area contributed by atoms with Crippen LogP contribution < -0.4 is 10.6 Å². The summed E-state index contributed by atoms with van der Waals surface area (Å²) in [5.74, 6) is -0.0889. The van der Waals surface area contributed by atoms with E-state index in [1.54, 1.807) is 23.5 Å². The number of nitrogens with zero attached hydrogens (tertiary/aromatic N) is 1. The maximum atomic E-state index is 11.8. The molecule has 0 bridgehead atoms. The van der Waals surface area contributed by atoms with Gasteiger partial charge in [0.2, 0.25) is 5.91 Å². The molecule has 0 saturated heterocycles. The highest BCUT2D eigenvalue weighted by atomic mass is 32.1. The van der Waals surface area contributed by atoms with Crippen molar-refractivity contribution in [2.45, 2.75) is 6.42 Å². The second-order valence-corrected chi connectivity index (χ2v) is 6.35. The fourth-order valence-electron chi connectivity index (χ4n) is 2.26. The van der Waals surface area contributed by atoms with Crippen molar-refractivity contribution in [3.63, 3.8) is 0 Å². The molecule has 0 radical (unpaired) electrons. The number of thiazole rings is 1. The van der Waals surface area contributed by atoms with Crippen molar-refractivity contribution in [1.82, 2.24) is 10.3 Å². The van der Waals surface area contributed by atoms with Crippen LogP contribution in [0.2, 0.25) is 0 Å². The molecule has 2 aromatic carbocycles. The highest BCUT2D eigenvalue weighted by Crippen LogP contribution is 2.22. The van der Waals surface area contributed by atoms with E-state index in [4.69, 9.17) is 0 Å². The fourth-order valence-corrected chi connectivity index (χ4v) is 3.13. The van der Waals surface area contributed by atoms with Crippen LogP contribution in [-0.2, 0) is 4.79 Å². The van der Waals surface area contributed by atoms with Gasteiger partial charge in [0.05, 0.1) is 10.2 Å². The van der Waals surface area contributed by atoms with Gasteiger partial charge in [0, 0.05) is 24.9 Å². The third kappa shape index (κ3) is 4.67. The first-order chi connectivity index (χ1) is 11.8. The van der Waals surface area contributed by atoms with Gasteiger partial charge in [-0.25, -0.2) is 4.98 Å². The molecule has 5 heteroatoms. The highest BCUT2D eigenvalue weighted by molar-refractivity contribution is 7.19. The number of fused-ring (bicyclic) bond motifs is 1. The molecule has 2 N–H and O–H groups in total. The van der Waals surface area contributed by atoms with E-state index < -0.39 is 0 Å². The first-order valence-electron chi connectivity index (χ1n) is 7.92. The third-order valence-corrected chi connectivity index (χ3v) is 4.45. The van der Waals surface area contributed by atoms with E-state index >= 15 is 0 Å². The van der Waals surface area contributed by atoms with Gasteiger partial charge in [0.1, 0.15) is 5.01 Å². The maximum absolute atomic E-state index is 11.8. The lowest BCUT2D eigenvalue weighted by atomic mass is 10.3. The number of nitrogens with one attached hydrogen (secondary N) is 2. The highest BCUT2D eigenvalue weighted by Gasteiger charge is 2.00. The molecular weight excluding hydrogens is 318 g/mol. The van der Waals surface area contributed by atoms with E-state index in [-0.39, 0.29) is 5.91 Å². The lowest BCUT2D eigenvalue weighted by Gasteiger charge is -2.06. The Morgan fingerprint density at radius 2 is 1.83 bits per heavy atom. The van der Waals surface area contributed by atoms with Gasteiger partial charge in [-0.2, -0.15) is 0 Å². The summed E-state index contributed by atoms with van der Waals surface area (Å²) < 4.78 is 1.13. The molecule has 24 heavy (non-hydrogen) atoms. The van der Waals surface area contributed by atoms with Gasteiger partial charge >= 0.3 is 0 Å². The summed E-state index contributed by atoms with van der Waals surface area (Å²) in [6.45, 7) is 1.47. The minimum atomic E-state index is -0.0889. The number of carbonyl (C=O) groups excluding carboxylic acids is 1. The van der Waals surface area contributed by atoms with Crippen LogP contribution in [-0.4, -0.2) is 24.0 Å². The topological polar surface area (TPSA) is 54.0 Å². The van der Waals surface area contributed by atoms with Gasteiger partial charge in [-0.15, -0.1) is 11.3 Å². The predicted molar refractivity (Wildman–Crippen MR) is 101 cm³/mol. The number of rotatable bonds is 7. The zero-order chi connectivity index (χ0) is 16.6. The van der Waals surface area contributed by atoms with Crippen molar-refractivity contribution >= 4 is 39.2 Å². The van der Waals surface area contributed by atoms with Crippen LogP contribution in [0.1, 0.15) is 11.4 Å². The van der Waals surface area contributed by atoms with E-state index in [2.05, 4.69) is 15.6 Å². The van der Waals surface area contributed by atoms with Crippen molar-refractivity contribution in [2.75, 3.05) is 18.4 Å². The number of hydrogen-bond donors (Lipinski definition) is 2. The SMILES string of the molecule is O=C(/C=C/c1nc2ccccc2s1)NCCCNc1ccccc1. The largest absolute Gasteiger partial charge is 0.385 e. The van der Waals surface area contributed by atoms with Crippen LogP contribution in [0.15, 0.2) is 60.7 Å². The molecule has 122 valence electrons. The molecule has 0 spiro atoms. The summed E-state index contributed by atoms with van der Waals surface area (Å²) >= 11 is 1.58. The number of benzene rings is 2. The van der Waals surface area contributed by atoms with Crippen LogP contribution in [0.4, 0.5) is 5.69 Å². The number of amides is 1.